The number of nitrogens with zero attached hydrogens (tertiary/aromatic N) is 2. The first-order valence-electron chi connectivity index (χ1n) is 13.2. The highest BCUT2D eigenvalue weighted by atomic mass is 16.6. The number of benzene rings is 2. The van der Waals surface area contributed by atoms with Gasteiger partial charge in [-0.05, 0) is 69.5 Å². The Hall–Kier alpha value is -4.50. The van der Waals surface area contributed by atoms with Crippen LogP contribution in [0.1, 0.15) is 70.2 Å². The lowest BCUT2D eigenvalue weighted by Gasteiger charge is -2.33. The standard InChI is InChI=1S/C31H38N4O5/c1-7-9-21(3)33-28(37)27(24-14-10-22(8-2)11-15-24)35(19-18-32)29(38)26(34-30(39)40-31(4,5)6)20-23-12-16-25(36)17-13-23/h2,10-17,21,26-27,36H,7,9,19-20H2,1,3-6H3,(H,33,37)(H,34,39). The topological polar surface area (TPSA) is 132 Å². The number of ether oxygens (including phenoxy) is 1. The van der Waals surface area contributed by atoms with Gasteiger partial charge in [0, 0.05) is 18.0 Å². The van der Waals surface area contributed by atoms with Crippen LogP contribution in [0.5, 0.6) is 5.75 Å². The van der Waals surface area contributed by atoms with Gasteiger partial charge in [0.15, 0.2) is 0 Å². The van der Waals surface area contributed by atoms with Crippen molar-refractivity contribution in [2.75, 3.05) is 6.54 Å². The summed E-state index contributed by atoms with van der Waals surface area (Å²) in [5.74, 6) is 1.46. The minimum atomic E-state index is -1.18. The lowest BCUT2D eigenvalue weighted by molar-refractivity contribution is -0.142. The Bertz CT molecular complexity index is 1240. The largest absolute Gasteiger partial charge is 0.508 e. The molecular formula is C31H38N4O5. The molecule has 0 heterocycles. The summed E-state index contributed by atoms with van der Waals surface area (Å²) in [6, 6.07) is 12.3. The van der Waals surface area contributed by atoms with Crippen molar-refractivity contribution in [1.82, 2.24) is 15.5 Å². The van der Waals surface area contributed by atoms with E-state index in [0.29, 0.717) is 16.7 Å². The van der Waals surface area contributed by atoms with Gasteiger partial charge in [0.25, 0.3) is 0 Å². The highest BCUT2D eigenvalue weighted by molar-refractivity contribution is 5.92. The van der Waals surface area contributed by atoms with Crippen LogP contribution in [0, 0.1) is 23.7 Å². The van der Waals surface area contributed by atoms with Gasteiger partial charge in [-0.1, -0.05) is 43.5 Å². The molecule has 0 aromatic heterocycles. The summed E-state index contributed by atoms with van der Waals surface area (Å²) in [7, 11) is 0. The van der Waals surface area contributed by atoms with Gasteiger partial charge < -0.3 is 25.4 Å². The van der Waals surface area contributed by atoms with Crippen LogP contribution in [0.2, 0.25) is 0 Å². The number of phenolic OH excluding ortho intramolecular Hbond substituents is 1. The molecule has 40 heavy (non-hydrogen) atoms. The number of phenols is 1. The Morgan fingerprint density at radius 3 is 2.23 bits per heavy atom. The third-order valence-electron chi connectivity index (χ3n) is 5.95. The zero-order valence-corrected chi connectivity index (χ0v) is 23.7. The van der Waals surface area contributed by atoms with E-state index in [1.54, 1.807) is 57.2 Å². The first kappa shape index (κ1) is 31.7. The quantitative estimate of drug-likeness (QED) is 0.286. The van der Waals surface area contributed by atoms with Crippen molar-refractivity contribution in [3.63, 3.8) is 0 Å². The number of hydrogen-bond acceptors (Lipinski definition) is 6. The van der Waals surface area contributed by atoms with Gasteiger partial charge in [0.05, 0.1) is 6.07 Å². The number of nitriles is 1. The number of alkyl carbamates (subject to hydrolysis) is 1. The molecule has 0 aliphatic heterocycles. The summed E-state index contributed by atoms with van der Waals surface area (Å²) in [4.78, 5) is 41.6. The highest BCUT2D eigenvalue weighted by Gasteiger charge is 2.36. The molecule has 2 aromatic carbocycles. The molecule has 0 aliphatic rings. The summed E-state index contributed by atoms with van der Waals surface area (Å²) >= 11 is 0. The fourth-order valence-corrected chi connectivity index (χ4v) is 4.15. The normalized spacial score (nSPS) is 13.1. The van der Waals surface area contributed by atoms with Crippen molar-refractivity contribution in [2.45, 2.75) is 77.6 Å². The minimum Gasteiger partial charge on any atom is -0.508 e. The maximum atomic E-state index is 14.1. The number of aromatic hydroxyl groups is 1. The summed E-state index contributed by atoms with van der Waals surface area (Å²) in [5.41, 5.74) is 0.876. The Morgan fingerprint density at radius 1 is 1.07 bits per heavy atom. The lowest BCUT2D eigenvalue weighted by Crippen LogP contribution is -2.54. The van der Waals surface area contributed by atoms with E-state index in [9.17, 15) is 24.8 Å². The lowest BCUT2D eigenvalue weighted by atomic mass is 9.99. The highest BCUT2D eigenvalue weighted by Crippen LogP contribution is 2.24. The number of carbonyl (C=O) groups is 3. The Balaban J connectivity index is 2.55. The molecule has 0 fully saturated rings. The average Bonchev–Trinajstić information content (AvgIpc) is 2.88. The molecule has 3 atom stereocenters. The fourth-order valence-electron chi connectivity index (χ4n) is 4.15. The maximum Gasteiger partial charge on any atom is 0.408 e. The molecule has 0 radical (unpaired) electrons. The Labute approximate surface area is 236 Å². The second-order valence-corrected chi connectivity index (χ2v) is 10.6. The molecule has 0 spiro atoms. The van der Waals surface area contributed by atoms with E-state index < -0.39 is 42.1 Å². The van der Waals surface area contributed by atoms with Gasteiger partial charge in [-0.2, -0.15) is 5.26 Å². The molecule has 9 heteroatoms. The van der Waals surface area contributed by atoms with Crippen molar-refractivity contribution in [1.29, 1.82) is 5.26 Å². The summed E-state index contributed by atoms with van der Waals surface area (Å²) in [6.07, 6.45) is 6.27. The van der Waals surface area contributed by atoms with Gasteiger partial charge in [0.1, 0.15) is 30.0 Å². The van der Waals surface area contributed by atoms with E-state index in [2.05, 4.69) is 16.6 Å². The van der Waals surface area contributed by atoms with Crippen molar-refractivity contribution >= 4 is 17.9 Å². The molecule has 0 saturated heterocycles. The summed E-state index contributed by atoms with van der Waals surface area (Å²) in [6.45, 7) is 8.54. The van der Waals surface area contributed by atoms with E-state index in [4.69, 9.17) is 11.2 Å². The van der Waals surface area contributed by atoms with Gasteiger partial charge in [0.2, 0.25) is 11.8 Å². The predicted octanol–water partition coefficient (Wildman–Crippen LogP) is 4.21. The first-order chi connectivity index (χ1) is 18.9. The number of terminal acetylenes is 1. The van der Waals surface area contributed by atoms with Gasteiger partial charge in [-0.15, -0.1) is 6.42 Å². The molecule has 3 N–H and O–H groups in total. The Morgan fingerprint density at radius 2 is 1.70 bits per heavy atom. The molecule has 3 unspecified atom stereocenters. The van der Waals surface area contributed by atoms with Crippen LogP contribution in [0.3, 0.4) is 0 Å². The minimum absolute atomic E-state index is 0.0247. The number of nitrogens with one attached hydrogen (secondary N) is 2. The van der Waals surface area contributed by atoms with Crippen LogP contribution in [0.4, 0.5) is 4.79 Å². The SMILES string of the molecule is C#Cc1ccc(C(C(=O)NC(C)CCC)N(CC#N)C(=O)C(Cc2ccc(O)cc2)NC(=O)OC(C)(C)C)cc1. The monoisotopic (exact) mass is 546 g/mol. The van der Waals surface area contributed by atoms with Crippen molar-refractivity contribution in [2.24, 2.45) is 0 Å². The summed E-state index contributed by atoms with van der Waals surface area (Å²) < 4.78 is 5.39. The number of amides is 3. The molecule has 2 rings (SSSR count). The molecular weight excluding hydrogens is 508 g/mol. The number of hydrogen-bond donors (Lipinski definition) is 3. The third kappa shape index (κ3) is 9.67. The van der Waals surface area contributed by atoms with E-state index >= 15 is 0 Å². The smallest absolute Gasteiger partial charge is 0.408 e. The van der Waals surface area contributed by atoms with Gasteiger partial charge in [-0.3, -0.25) is 9.59 Å². The van der Waals surface area contributed by atoms with Crippen LogP contribution in [0.15, 0.2) is 48.5 Å². The molecule has 2 aromatic rings. The second kappa shape index (κ2) is 14.6. The second-order valence-electron chi connectivity index (χ2n) is 10.6. The van der Waals surface area contributed by atoms with Crippen LogP contribution in [-0.2, 0) is 20.7 Å². The van der Waals surface area contributed by atoms with E-state index in [-0.39, 0.29) is 18.2 Å². The van der Waals surface area contributed by atoms with Crippen LogP contribution in [-0.4, -0.2) is 52.1 Å². The molecule has 9 nitrogen and oxygen atoms in total. The maximum absolute atomic E-state index is 14.1. The zero-order chi connectivity index (χ0) is 29.9. The first-order valence-corrected chi connectivity index (χ1v) is 13.2. The Kier molecular flexibility index (Phi) is 11.6. The van der Waals surface area contributed by atoms with E-state index in [1.807, 2.05) is 19.9 Å². The van der Waals surface area contributed by atoms with E-state index in [1.165, 1.54) is 12.1 Å². The number of carbonyl (C=O) groups excluding carboxylic acids is 3. The van der Waals surface area contributed by atoms with Gasteiger partial charge in [-0.25, -0.2) is 4.79 Å². The van der Waals surface area contributed by atoms with E-state index in [0.717, 1.165) is 17.7 Å². The molecule has 212 valence electrons. The van der Waals surface area contributed by atoms with Crippen LogP contribution in [0.25, 0.3) is 0 Å². The average molecular weight is 547 g/mol. The molecule has 0 saturated carbocycles. The molecule has 3 amide bonds. The zero-order valence-electron chi connectivity index (χ0n) is 23.7. The third-order valence-corrected chi connectivity index (χ3v) is 5.95. The molecule has 0 bridgehead atoms. The van der Waals surface area contributed by atoms with Crippen molar-refractivity contribution in [3.05, 3.63) is 65.2 Å². The molecule has 0 aliphatic carbocycles. The predicted molar refractivity (Wildman–Crippen MR) is 152 cm³/mol. The van der Waals surface area contributed by atoms with Crippen molar-refractivity contribution in [3.8, 4) is 24.2 Å². The van der Waals surface area contributed by atoms with Gasteiger partial charge >= 0.3 is 6.09 Å². The fraction of sp³-hybridized carbons (Fsp3) is 0.419. The van der Waals surface area contributed by atoms with Crippen molar-refractivity contribution < 1.29 is 24.2 Å². The summed E-state index contributed by atoms with van der Waals surface area (Å²) in [5, 5.41) is 25.0. The number of rotatable bonds is 11. The van der Waals surface area contributed by atoms with Crippen LogP contribution >= 0.6 is 0 Å². The van der Waals surface area contributed by atoms with Crippen LogP contribution < -0.4 is 10.6 Å².